The highest BCUT2D eigenvalue weighted by atomic mass is 32.2. The van der Waals surface area contributed by atoms with E-state index in [1.54, 1.807) is 7.11 Å². The largest absolute Gasteiger partial charge is 0.385 e. The van der Waals surface area contributed by atoms with Crippen LogP contribution in [-0.4, -0.2) is 26.0 Å². The molecule has 0 spiro atoms. The van der Waals surface area contributed by atoms with Crippen molar-refractivity contribution in [3.05, 3.63) is 29.3 Å². The average molecular weight is 303 g/mol. The number of methoxy groups -OCH3 is 1. The van der Waals surface area contributed by atoms with E-state index in [1.807, 2.05) is 0 Å². The van der Waals surface area contributed by atoms with Crippen LogP contribution >= 0.6 is 11.8 Å². The van der Waals surface area contributed by atoms with Gasteiger partial charge in [-0.1, -0.05) is 13.8 Å². The maximum absolute atomic E-state index is 13.9. The summed E-state index contributed by atoms with van der Waals surface area (Å²) in [5.41, 5.74) is 0.641. The lowest BCUT2D eigenvalue weighted by atomic mass is 10.2. The van der Waals surface area contributed by atoms with Gasteiger partial charge in [-0.2, -0.15) is 0 Å². The summed E-state index contributed by atoms with van der Waals surface area (Å²) < 4.78 is 32.7. The van der Waals surface area contributed by atoms with Crippen LogP contribution in [0.15, 0.2) is 17.0 Å². The topological polar surface area (TPSA) is 21.3 Å². The third-order valence-electron chi connectivity index (χ3n) is 2.68. The van der Waals surface area contributed by atoms with Crippen molar-refractivity contribution in [2.24, 2.45) is 5.92 Å². The molecule has 1 aromatic carbocycles. The van der Waals surface area contributed by atoms with Gasteiger partial charge in [-0.15, -0.1) is 11.8 Å². The number of thioether (sulfide) groups is 1. The van der Waals surface area contributed by atoms with Crippen LogP contribution in [0.4, 0.5) is 8.78 Å². The first-order valence-corrected chi connectivity index (χ1v) is 7.83. The minimum Gasteiger partial charge on any atom is -0.385 e. The summed E-state index contributed by atoms with van der Waals surface area (Å²) in [6.45, 7) is 6.10. The van der Waals surface area contributed by atoms with Crippen LogP contribution in [0.5, 0.6) is 0 Å². The predicted octanol–water partition coefficient (Wildman–Crippen LogP) is 3.84. The van der Waals surface area contributed by atoms with Crippen molar-refractivity contribution in [1.29, 1.82) is 0 Å². The third kappa shape index (κ3) is 6.20. The maximum Gasteiger partial charge on any atom is 0.140 e. The molecule has 1 aromatic rings. The molecule has 0 atom stereocenters. The van der Waals surface area contributed by atoms with E-state index < -0.39 is 11.6 Å². The van der Waals surface area contributed by atoms with Crippen molar-refractivity contribution < 1.29 is 13.5 Å². The van der Waals surface area contributed by atoms with Crippen molar-refractivity contribution in [2.45, 2.75) is 31.7 Å². The first-order chi connectivity index (χ1) is 9.54. The lowest BCUT2D eigenvalue weighted by molar-refractivity contribution is 0.200. The smallest absolute Gasteiger partial charge is 0.140 e. The molecule has 0 unspecified atom stereocenters. The molecular formula is C15H23F2NOS. The molecule has 0 bridgehead atoms. The van der Waals surface area contributed by atoms with Gasteiger partial charge in [-0.05, 0) is 36.6 Å². The van der Waals surface area contributed by atoms with Gasteiger partial charge in [0.15, 0.2) is 0 Å². The summed E-state index contributed by atoms with van der Waals surface area (Å²) in [6.07, 6.45) is 0.776. The number of rotatable bonds is 9. The Morgan fingerprint density at radius 1 is 1.25 bits per heavy atom. The minimum atomic E-state index is -0.478. The Balaban J connectivity index is 2.56. The molecule has 114 valence electrons. The fourth-order valence-corrected chi connectivity index (χ4v) is 2.59. The van der Waals surface area contributed by atoms with Gasteiger partial charge in [0, 0.05) is 26.0 Å². The second-order valence-corrected chi connectivity index (χ2v) is 6.21. The van der Waals surface area contributed by atoms with Gasteiger partial charge in [0.25, 0.3) is 0 Å². The molecule has 20 heavy (non-hydrogen) atoms. The summed E-state index contributed by atoms with van der Waals surface area (Å²) >= 11 is 1.20. The van der Waals surface area contributed by atoms with Gasteiger partial charge in [-0.25, -0.2) is 8.78 Å². The van der Waals surface area contributed by atoms with E-state index in [9.17, 15) is 8.78 Å². The van der Waals surface area contributed by atoms with E-state index in [2.05, 4.69) is 19.2 Å². The lowest BCUT2D eigenvalue weighted by Crippen LogP contribution is -2.19. The average Bonchev–Trinajstić information content (AvgIpc) is 2.36. The fraction of sp³-hybridized carbons (Fsp3) is 0.600. The second kappa shape index (κ2) is 9.32. The fourth-order valence-electron chi connectivity index (χ4n) is 1.74. The van der Waals surface area contributed by atoms with Crippen molar-refractivity contribution in [3.8, 4) is 0 Å². The molecule has 0 aliphatic carbocycles. The molecule has 0 saturated carbocycles. The Labute approximate surface area is 124 Å². The van der Waals surface area contributed by atoms with Crippen LogP contribution in [0.25, 0.3) is 0 Å². The van der Waals surface area contributed by atoms with Crippen LogP contribution in [0.2, 0.25) is 0 Å². The van der Waals surface area contributed by atoms with Crippen molar-refractivity contribution in [2.75, 3.05) is 26.0 Å². The van der Waals surface area contributed by atoms with Gasteiger partial charge >= 0.3 is 0 Å². The number of hydrogen-bond donors (Lipinski definition) is 1. The van der Waals surface area contributed by atoms with E-state index in [0.29, 0.717) is 30.4 Å². The van der Waals surface area contributed by atoms with Crippen molar-refractivity contribution in [1.82, 2.24) is 5.32 Å². The Morgan fingerprint density at radius 3 is 2.45 bits per heavy atom. The van der Waals surface area contributed by atoms with Gasteiger partial charge in [-0.3, -0.25) is 0 Å². The normalized spacial score (nSPS) is 11.3. The molecule has 2 nitrogen and oxygen atoms in total. The zero-order valence-corrected chi connectivity index (χ0v) is 13.2. The number of ether oxygens (including phenoxy) is 1. The summed E-state index contributed by atoms with van der Waals surface area (Å²) in [6, 6.07) is 2.82. The SMILES string of the molecule is COCCCSc1c(F)cc(CNCC(C)C)cc1F. The zero-order valence-electron chi connectivity index (χ0n) is 12.3. The van der Waals surface area contributed by atoms with Gasteiger partial charge in [0.05, 0.1) is 4.90 Å². The lowest BCUT2D eigenvalue weighted by Gasteiger charge is -2.10. The molecule has 1 N–H and O–H groups in total. The molecular weight excluding hydrogens is 280 g/mol. The van der Waals surface area contributed by atoms with Crippen molar-refractivity contribution >= 4 is 11.8 Å². The molecule has 0 aliphatic heterocycles. The maximum atomic E-state index is 13.9. The third-order valence-corrected chi connectivity index (χ3v) is 3.85. The highest BCUT2D eigenvalue weighted by Crippen LogP contribution is 2.27. The van der Waals surface area contributed by atoms with Crippen molar-refractivity contribution in [3.63, 3.8) is 0 Å². The number of nitrogens with one attached hydrogen (secondary N) is 1. The first-order valence-electron chi connectivity index (χ1n) is 6.85. The Kier molecular flexibility index (Phi) is 8.11. The van der Waals surface area contributed by atoms with Crippen LogP contribution in [-0.2, 0) is 11.3 Å². The van der Waals surface area contributed by atoms with Gasteiger partial charge in [0.1, 0.15) is 11.6 Å². The van der Waals surface area contributed by atoms with Gasteiger partial charge < -0.3 is 10.1 Å². The summed E-state index contributed by atoms with van der Waals surface area (Å²) in [7, 11) is 1.62. The minimum absolute atomic E-state index is 0.105. The highest BCUT2D eigenvalue weighted by Gasteiger charge is 2.11. The molecule has 0 heterocycles. The molecule has 1 rings (SSSR count). The van der Waals surface area contributed by atoms with E-state index in [1.165, 1.54) is 23.9 Å². The number of halogens is 2. The van der Waals surface area contributed by atoms with E-state index in [4.69, 9.17) is 4.74 Å². The number of benzene rings is 1. The first kappa shape index (κ1) is 17.4. The molecule has 0 saturated heterocycles. The Morgan fingerprint density at radius 2 is 1.90 bits per heavy atom. The molecule has 0 radical (unpaired) electrons. The quantitative estimate of drug-likeness (QED) is 0.553. The Hall–Kier alpha value is -0.650. The van der Waals surface area contributed by atoms with E-state index in [-0.39, 0.29) is 4.90 Å². The molecule has 0 fully saturated rings. The molecule has 0 aliphatic rings. The van der Waals surface area contributed by atoms with E-state index >= 15 is 0 Å². The summed E-state index contributed by atoms with van der Waals surface area (Å²) in [4.78, 5) is 0.105. The predicted molar refractivity (Wildman–Crippen MR) is 80.1 cm³/mol. The monoisotopic (exact) mass is 303 g/mol. The standard InChI is InChI=1S/C15H23F2NOS/c1-11(2)9-18-10-12-7-13(16)15(14(17)8-12)20-6-4-5-19-3/h7-8,11,18H,4-6,9-10H2,1-3H3. The molecule has 0 amide bonds. The second-order valence-electron chi connectivity index (χ2n) is 5.11. The Bertz CT molecular complexity index is 390. The molecule has 5 heteroatoms. The molecule has 0 aromatic heterocycles. The summed E-state index contributed by atoms with van der Waals surface area (Å²) in [5, 5.41) is 3.18. The van der Waals surface area contributed by atoms with Crippen LogP contribution in [0.3, 0.4) is 0 Å². The number of hydrogen-bond acceptors (Lipinski definition) is 3. The zero-order chi connectivity index (χ0) is 15.0. The van der Waals surface area contributed by atoms with E-state index in [0.717, 1.165) is 13.0 Å². The van der Waals surface area contributed by atoms with Gasteiger partial charge in [0.2, 0.25) is 0 Å². The summed E-state index contributed by atoms with van der Waals surface area (Å²) in [5.74, 6) is 0.204. The highest BCUT2D eigenvalue weighted by molar-refractivity contribution is 7.99. The van der Waals surface area contributed by atoms with Crippen LogP contribution in [0.1, 0.15) is 25.8 Å². The van der Waals surface area contributed by atoms with Crippen LogP contribution in [0, 0.1) is 17.6 Å². The van der Waals surface area contributed by atoms with Crippen LogP contribution < -0.4 is 5.32 Å².